The highest BCUT2D eigenvalue weighted by Gasteiger charge is 2.34. The molecule has 0 bridgehead atoms. The van der Waals surface area contributed by atoms with E-state index in [0.717, 1.165) is 63.4 Å². The molecule has 0 radical (unpaired) electrons. The van der Waals surface area contributed by atoms with Crippen LogP contribution in [0.2, 0.25) is 10.0 Å². The van der Waals surface area contributed by atoms with Gasteiger partial charge in [0.15, 0.2) is 0 Å². The molecule has 2 saturated heterocycles. The Hall–Kier alpha value is -1.93. The number of oxime groups is 1. The van der Waals surface area contributed by atoms with Crippen LogP contribution >= 0.6 is 23.2 Å². The summed E-state index contributed by atoms with van der Waals surface area (Å²) in [5, 5.41) is 13.6. The Kier molecular flexibility index (Phi) is 8.87. The van der Waals surface area contributed by atoms with Gasteiger partial charge in [-0.3, -0.25) is 9.80 Å². The maximum atomic E-state index is 14.2. The molecule has 2 aromatic rings. The molecule has 0 unspecified atom stereocenters. The second kappa shape index (κ2) is 11.9. The quantitative estimate of drug-likeness (QED) is 0.288. The van der Waals surface area contributed by atoms with Gasteiger partial charge in [-0.15, -0.1) is 0 Å². The molecule has 6 nitrogen and oxygen atoms in total. The van der Waals surface area contributed by atoms with Crippen molar-refractivity contribution in [3.63, 3.8) is 0 Å². The summed E-state index contributed by atoms with van der Waals surface area (Å²) in [6.07, 6.45) is 5.57. The summed E-state index contributed by atoms with van der Waals surface area (Å²) in [6.45, 7) is 9.44. The first-order chi connectivity index (χ1) is 16.9. The summed E-state index contributed by atoms with van der Waals surface area (Å²) in [6, 6.07) is 7.75. The van der Waals surface area contributed by atoms with E-state index in [0.29, 0.717) is 46.4 Å². The summed E-state index contributed by atoms with van der Waals surface area (Å²) in [5.41, 5.74) is 2.03. The fourth-order valence-corrected chi connectivity index (χ4v) is 5.80. The van der Waals surface area contributed by atoms with Crippen LogP contribution in [-0.4, -0.2) is 70.5 Å². The van der Waals surface area contributed by atoms with E-state index in [9.17, 15) is 9.60 Å². The number of halogens is 3. The zero-order chi connectivity index (χ0) is 24.9. The van der Waals surface area contributed by atoms with Gasteiger partial charge in [-0.1, -0.05) is 48.3 Å². The Morgan fingerprint density at radius 2 is 1.91 bits per heavy atom. The SMILES string of the molecule is CCC(=NO)c1cnc(N2CCN(C3CCN(Cc4ccc(Cl)cc4F)CC3)[C@@H](CC)C2)c(Cl)c1. The number of aromatic nitrogens is 1. The summed E-state index contributed by atoms with van der Waals surface area (Å²) in [5.74, 6) is 0.568. The van der Waals surface area contributed by atoms with Gasteiger partial charge < -0.3 is 10.1 Å². The van der Waals surface area contributed by atoms with E-state index in [1.165, 1.54) is 6.07 Å². The fraction of sp³-hybridized carbons (Fsp3) is 0.538. The van der Waals surface area contributed by atoms with Gasteiger partial charge in [0.05, 0.1) is 10.7 Å². The van der Waals surface area contributed by atoms with Crippen LogP contribution in [0.15, 0.2) is 35.6 Å². The number of benzene rings is 1. The maximum Gasteiger partial charge on any atom is 0.147 e. The summed E-state index contributed by atoms with van der Waals surface area (Å²) < 4.78 is 14.2. The summed E-state index contributed by atoms with van der Waals surface area (Å²) in [4.78, 5) is 11.9. The highest BCUT2D eigenvalue weighted by Crippen LogP contribution is 2.30. The van der Waals surface area contributed by atoms with Gasteiger partial charge in [0.2, 0.25) is 0 Å². The number of pyridine rings is 1. The Labute approximate surface area is 217 Å². The first kappa shape index (κ1) is 26.1. The third-order valence-electron chi connectivity index (χ3n) is 7.34. The number of anilines is 1. The largest absolute Gasteiger partial charge is 0.411 e. The van der Waals surface area contributed by atoms with Gasteiger partial charge in [-0.25, -0.2) is 9.37 Å². The molecule has 1 aromatic carbocycles. The minimum atomic E-state index is -0.225. The van der Waals surface area contributed by atoms with Crippen LogP contribution in [0.1, 0.15) is 50.7 Å². The number of hydrogen-bond acceptors (Lipinski definition) is 6. The number of rotatable bonds is 7. The molecule has 0 aliphatic carbocycles. The average molecular weight is 522 g/mol. The Balaban J connectivity index is 1.35. The van der Waals surface area contributed by atoms with Gasteiger partial charge in [0.1, 0.15) is 11.6 Å². The standard InChI is InChI=1S/C26H34Cl2FN5O/c1-3-21-17-33(26-23(28)13-19(15-30-26)25(4-2)31-35)11-12-34(21)22-7-9-32(10-8-22)16-18-5-6-20(27)14-24(18)29/h5-6,13-15,21-22,35H,3-4,7-12,16-17H2,1-2H3/t21-/m0/s1. The molecule has 1 N–H and O–H groups in total. The van der Waals surface area contributed by atoms with Crippen LogP contribution in [0.4, 0.5) is 10.2 Å². The van der Waals surface area contributed by atoms with Crippen LogP contribution < -0.4 is 4.90 Å². The van der Waals surface area contributed by atoms with E-state index < -0.39 is 0 Å². The van der Waals surface area contributed by atoms with Crippen molar-refractivity contribution < 1.29 is 9.60 Å². The summed E-state index contributed by atoms with van der Waals surface area (Å²) in [7, 11) is 0. The van der Waals surface area contributed by atoms with Gasteiger partial charge in [0.25, 0.3) is 0 Å². The monoisotopic (exact) mass is 521 g/mol. The minimum absolute atomic E-state index is 0.225. The van der Waals surface area contributed by atoms with Crippen molar-refractivity contribution in [2.45, 2.75) is 58.2 Å². The number of piperazine rings is 1. The van der Waals surface area contributed by atoms with Crippen LogP contribution in [0.3, 0.4) is 0 Å². The van der Waals surface area contributed by atoms with Crippen LogP contribution in [-0.2, 0) is 6.54 Å². The van der Waals surface area contributed by atoms with E-state index in [-0.39, 0.29) is 5.82 Å². The lowest BCUT2D eigenvalue weighted by molar-refractivity contribution is 0.0607. The zero-order valence-corrected chi connectivity index (χ0v) is 21.9. The van der Waals surface area contributed by atoms with Crippen molar-refractivity contribution in [3.05, 3.63) is 57.5 Å². The molecule has 4 rings (SSSR count). The van der Waals surface area contributed by atoms with Gasteiger partial charge in [-0.2, -0.15) is 0 Å². The van der Waals surface area contributed by atoms with Gasteiger partial charge >= 0.3 is 0 Å². The molecule has 0 amide bonds. The molecule has 1 aromatic heterocycles. The Morgan fingerprint density at radius 1 is 1.14 bits per heavy atom. The van der Waals surface area contributed by atoms with Crippen molar-refractivity contribution in [2.24, 2.45) is 5.16 Å². The normalized spacial score (nSPS) is 21.0. The lowest BCUT2D eigenvalue weighted by Gasteiger charge is -2.47. The van der Waals surface area contributed by atoms with Crippen molar-refractivity contribution in [3.8, 4) is 0 Å². The molecule has 35 heavy (non-hydrogen) atoms. The zero-order valence-electron chi connectivity index (χ0n) is 20.4. The molecule has 1 atom stereocenters. The van der Waals surface area contributed by atoms with Crippen molar-refractivity contribution in [1.29, 1.82) is 0 Å². The average Bonchev–Trinajstić information content (AvgIpc) is 2.87. The van der Waals surface area contributed by atoms with Crippen molar-refractivity contribution >= 4 is 34.7 Å². The number of piperidine rings is 1. The molecule has 9 heteroatoms. The van der Waals surface area contributed by atoms with E-state index in [2.05, 4.69) is 31.8 Å². The van der Waals surface area contributed by atoms with Crippen LogP contribution in [0.25, 0.3) is 0 Å². The third kappa shape index (κ3) is 6.08. The number of hydrogen-bond donors (Lipinski definition) is 1. The lowest BCUT2D eigenvalue weighted by atomic mass is 9.97. The summed E-state index contributed by atoms with van der Waals surface area (Å²) >= 11 is 12.5. The highest BCUT2D eigenvalue weighted by molar-refractivity contribution is 6.33. The predicted molar refractivity (Wildman–Crippen MR) is 141 cm³/mol. The topological polar surface area (TPSA) is 55.2 Å². The first-order valence-corrected chi connectivity index (χ1v) is 13.2. The smallest absolute Gasteiger partial charge is 0.147 e. The van der Waals surface area contributed by atoms with Gasteiger partial charge in [0, 0.05) is 60.6 Å². The molecule has 190 valence electrons. The molecule has 2 fully saturated rings. The molecular weight excluding hydrogens is 488 g/mol. The van der Waals surface area contributed by atoms with Gasteiger partial charge in [-0.05, 0) is 57.0 Å². The maximum absolute atomic E-state index is 14.2. The van der Waals surface area contributed by atoms with Crippen molar-refractivity contribution in [2.75, 3.05) is 37.6 Å². The van der Waals surface area contributed by atoms with Crippen LogP contribution in [0.5, 0.6) is 0 Å². The van der Waals surface area contributed by atoms with E-state index in [4.69, 9.17) is 23.2 Å². The van der Waals surface area contributed by atoms with E-state index in [1.54, 1.807) is 18.3 Å². The molecule has 0 saturated carbocycles. The second-order valence-corrected chi connectivity index (χ2v) is 10.3. The highest BCUT2D eigenvalue weighted by atomic mass is 35.5. The lowest BCUT2D eigenvalue weighted by Crippen LogP contribution is -2.58. The number of nitrogens with zero attached hydrogens (tertiary/aromatic N) is 5. The fourth-order valence-electron chi connectivity index (χ4n) is 5.36. The van der Waals surface area contributed by atoms with E-state index >= 15 is 0 Å². The van der Waals surface area contributed by atoms with E-state index in [1.807, 2.05) is 13.0 Å². The number of likely N-dealkylation sites (tertiary alicyclic amines) is 1. The predicted octanol–water partition coefficient (Wildman–Crippen LogP) is 5.68. The third-order valence-corrected chi connectivity index (χ3v) is 7.86. The molecule has 0 spiro atoms. The molecule has 3 heterocycles. The van der Waals surface area contributed by atoms with Crippen LogP contribution in [0, 0.1) is 5.82 Å². The second-order valence-electron chi connectivity index (χ2n) is 9.42. The molecule has 2 aliphatic heterocycles. The Morgan fingerprint density at radius 3 is 2.54 bits per heavy atom. The van der Waals surface area contributed by atoms with Crippen molar-refractivity contribution in [1.82, 2.24) is 14.8 Å². The molecular formula is C26H34Cl2FN5O. The minimum Gasteiger partial charge on any atom is -0.411 e. The molecule has 2 aliphatic rings. The Bertz CT molecular complexity index is 1040. The first-order valence-electron chi connectivity index (χ1n) is 12.5.